The lowest BCUT2D eigenvalue weighted by Gasteiger charge is -2.18. The van der Waals surface area contributed by atoms with Crippen LogP contribution in [0.1, 0.15) is 84.2 Å². The number of ketones is 2. The Morgan fingerprint density at radius 3 is 1.92 bits per heavy atom. The minimum atomic E-state index is -0.973. The van der Waals surface area contributed by atoms with E-state index in [2.05, 4.69) is 25.0 Å². The number of aryl methyl sites for hydroxylation is 2. The second kappa shape index (κ2) is 18.6. The number of carbonyl (C=O) groups is 5. The van der Waals surface area contributed by atoms with Crippen LogP contribution in [-0.2, 0) is 14.3 Å². The number of hydrogen-bond acceptors (Lipinski definition) is 9. The summed E-state index contributed by atoms with van der Waals surface area (Å²) in [7, 11) is 0. The number of amides is 1. The number of carboxylic acids is 1. The van der Waals surface area contributed by atoms with Crippen LogP contribution in [0.4, 0.5) is 5.69 Å². The van der Waals surface area contributed by atoms with Crippen molar-refractivity contribution in [2.45, 2.75) is 55.9 Å². The molecule has 0 unspecified atom stereocenters. The van der Waals surface area contributed by atoms with Gasteiger partial charge in [0.15, 0.2) is 5.78 Å². The summed E-state index contributed by atoms with van der Waals surface area (Å²) in [4.78, 5) is 69.8. The lowest BCUT2D eigenvalue weighted by atomic mass is 9.95. The monoisotopic (exact) mass is 692 g/mol. The van der Waals surface area contributed by atoms with E-state index in [1.165, 1.54) is 30.2 Å². The molecular weight excluding hydrogens is 648 g/mol. The molecule has 0 fully saturated rings. The molecule has 5 rings (SSSR count). The van der Waals surface area contributed by atoms with Crippen molar-refractivity contribution in [3.05, 3.63) is 119 Å². The van der Waals surface area contributed by atoms with Crippen LogP contribution in [0.3, 0.4) is 0 Å². The van der Waals surface area contributed by atoms with Crippen molar-refractivity contribution in [1.82, 2.24) is 15.0 Å². The Balaban J connectivity index is 0.000000277. The molecule has 0 aliphatic rings. The summed E-state index contributed by atoms with van der Waals surface area (Å²) in [6.07, 6.45) is 5.81. The standard InChI is InChI=1S/C16H12N2O2.C14H18N2O4.C9H10O.CH4/c1-10-2-4-11(5-3-10)15-8-12(16(19)20)13-9-17-7-6-14(13)18-15;1-5-20-12(18)11(17)9-8-15-7-6-10(9)16-13(19)14(2,3)4;1-7-3-5-9(6-4-7)8(2)10;/h2-9H,1H3,(H,19,20);6-8H,5H2,1-4H3,(H,15,16,19);3-6H,1-2H3;1H4. The zero-order valence-electron chi connectivity index (χ0n) is 29.1. The number of esters is 1. The molecule has 0 spiro atoms. The van der Waals surface area contributed by atoms with E-state index in [0.29, 0.717) is 16.6 Å². The van der Waals surface area contributed by atoms with Crippen LogP contribution in [0, 0.1) is 19.3 Å². The number of fused-ring (bicyclic) bond motifs is 1. The highest BCUT2D eigenvalue weighted by Gasteiger charge is 2.26. The normalized spacial score (nSPS) is 10.3. The molecule has 3 heterocycles. The van der Waals surface area contributed by atoms with Crippen LogP contribution >= 0.6 is 0 Å². The number of aromatic nitrogens is 3. The first-order chi connectivity index (χ1) is 23.6. The van der Waals surface area contributed by atoms with Gasteiger partial charge in [-0.25, -0.2) is 14.6 Å². The fourth-order valence-electron chi connectivity index (χ4n) is 4.21. The molecule has 0 aliphatic carbocycles. The van der Waals surface area contributed by atoms with E-state index in [0.717, 1.165) is 16.7 Å². The van der Waals surface area contributed by atoms with Gasteiger partial charge in [0.2, 0.25) is 5.91 Å². The molecule has 0 bridgehead atoms. The molecule has 5 aromatic rings. The van der Waals surface area contributed by atoms with Crippen LogP contribution in [0.2, 0.25) is 0 Å². The number of rotatable bonds is 7. The van der Waals surface area contributed by atoms with Crippen LogP contribution in [0.5, 0.6) is 0 Å². The average molecular weight is 693 g/mol. The van der Waals surface area contributed by atoms with Gasteiger partial charge in [-0.3, -0.25) is 24.4 Å². The Morgan fingerprint density at radius 2 is 1.37 bits per heavy atom. The van der Waals surface area contributed by atoms with Crippen molar-refractivity contribution in [2.75, 3.05) is 11.9 Å². The number of Topliss-reactive ketones (excluding diaryl/α,β-unsaturated/α-hetero) is 2. The maximum atomic E-state index is 11.9. The van der Waals surface area contributed by atoms with Gasteiger partial charge in [-0.05, 0) is 45.9 Å². The van der Waals surface area contributed by atoms with Gasteiger partial charge in [-0.2, -0.15) is 0 Å². The van der Waals surface area contributed by atoms with Gasteiger partial charge in [0.25, 0.3) is 5.78 Å². The molecule has 266 valence electrons. The first-order valence-electron chi connectivity index (χ1n) is 15.7. The SMILES string of the molecule is C.CC(=O)c1ccc(C)cc1.CCOC(=O)C(=O)c1cnccc1NC(=O)C(C)(C)C.Cc1ccc(-c2cc(C(=O)O)c3cnccc3n2)cc1. The maximum absolute atomic E-state index is 11.9. The van der Waals surface area contributed by atoms with E-state index in [9.17, 15) is 29.1 Å². The molecule has 1 amide bonds. The van der Waals surface area contributed by atoms with E-state index in [1.807, 2.05) is 62.4 Å². The summed E-state index contributed by atoms with van der Waals surface area (Å²) in [5, 5.41) is 12.5. The van der Waals surface area contributed by atoms with E-state index >= 15 is 0 Å². The topological polar surface area (TPSA) is 166 Å². The molecule has 0 aliphatic heterocycles. The van der Waals surface area contributed by atoms with Crippen LogP contribution in [-0.4, -0.2) is 56.1 Å². The van der Waals surface area contributed by atoms with E-state index < -0.39 is 23.1 Å². The molecule has 0 saturated heterocycles. The van der Waals surface area contributed by atoms with Crippen molar-refractivity contribution < 1.29 is 33.8 Å². The Kier molecular flexibility index (Phi) is 15.0. The first kappa shape index (κ1) is 41.1. The van der Waals surface area contributed by atoms with Crippen LogP contribution < -0.4 is 5.32 Å². The molecule has 2 aromatic carbocycles. The summed E-state index contributed by atoms with van der Waals surface area (Å²) in [6, 6.07) is 20.2. The van der Waals surface area contributed by atoms with Gasteiger partial charge in [0.1, 0.15) is 0 Å². The predicted octanol–water partition coefficient (Wildman–Crippen LogP) is 7.95. The van der Waals surface area contributed by atoms with Crippen LogP contribution in [0.25, 0.3) is 22.2 Å². The molecule has 11 nitrogen and oxygen atoms in total. The molecular formula is C40H44N4O7. The highest BCUT2D eigenvalue weighted by molar-refractivity contribution is 6.42. The highest BCUT2D eigenvalue weighted by Crippen LogP contribution is 2.25. The van der Waals surface area contributed by atoms with E-state index in [4.69, 9.17) is 0 Å². The lowest BCUT2D eigenvalue weighted by Crippen LogP contribution is -2.29. The van der Waals surface area contributed by atoms with Crippen molar-refractivity contribution in [1.29, 1.82) is 0 Å². The smallest absolute Gasteiger partial charge is 0.379 e. The third kappa shape index (κ3) is 11.8. The van der Waals surface area contributed by atoms with Gasteiger partial charge in [0.05, 0.1) is 34.6 Å². The van der Waals surface area contributed by atoms with E-state index in [1.54, 1.807) is 52.9 Å². The number of nitrogens with zero attached hydrogens (tertiary/aromatic N) is 3. The zero-order valence-corrected chi connectivity index (χ0v) is 29.1. The molecule has 11 heteroatoms. The molecule has 0 radical (unpaired) electrons. The second-order valence-electron chi connectivity index (χ2n) is 12.2. The van der Waals surface area contributed by atoms with Crippen molar-refractivity contribution in [3.63, 3.8) is 0 Å². The summed E-state index contributed by atoms with van der Waals surface area (Å²) >= 11 is 0. The predicted molar refractivity (Wildman–Crippen MR) is 198 cm³/mol. The largest absolute Gasteiger partial charge is 0.478 e. The number of pyridine rings is 3. The number of anilines is 1. The van der Waals surface area contributed by atoms with Gasteiger partial charge in [-0.15, -0.1) is 0 Å². The number of ether oxygens (including phenoxy) is 1. The highest BCUT2D eigenvalue weighted by atomic mass is 16.5. The van der Waals surface area contributed by atoms with Crippen molar-refractivity contribution >= 4 is 46.0 Å². The first-order valence-corrected chi connectivity index (χ1v) is 15.7. The lowest BCUT2D eigenvalue weighted by molar-refractivity contribution is -0.137. The minimum absolute atomic E-state index is 0. The summed E-state index contributed by atoms with van der Waals surface area (Å²) in [5.41, 5.74) is 5.18. The average Bonchev–Trinajstić information content (AvgIpc) is 3.08. The Labute approximate surface area is 298 Å². The molecule has 0 saturated carbocycles. The number of benzene rings is 2. The van der Waals surface area contributed by atoms with Gasteiger partial charge < -0.3 is 15.2 Å². The van der Waals surface area contributed by atoms with Gasteiger partial charge in [0, 0.05) is 46.7 Å². The second-order valence-corrected chi connectivity index (χ2v) is 12.2. The number of nitrogens with one attached hydrogen (secondary N) is 1. The number of hydrogen-bond donors (Lipinski definition) is 2. The third-order valence-electron chi connectivity index (χ3n) is 7.10. The Morgan fingerprint density at radius 1 is 0.804 bits per heavy atom. The molecule has 3 aromatic heterocycles. The summed E-state index contributed by atoms with van der Waals surface area (Å²) < 4.78 is 4.66. The third-order valence-corrected chi connectivity index (χ3v) is 7.10. The summed E-state index contributed by atoms with van der Waals surface area (Å²) in [5.74, 6) is -2.91. The minimum Gasteiger partial charge on any atom is -0.478 e. The van der Waals surface area contributed by atoms with Crippen molar-refractivity contribution in [2.24, 2.45) is 5.41 Å². The Hall–Kier alpha value is -6.10. The van der Waals surface area contributed by atoms with E-state index in [-0.39, 0.29) is 42.5 Å². The fraction of sp³-hybridized carbons (Fsp3) is 0.250. The maximum Gasteiger partial charge on any atom is 0.379 e. The fourth-order valence-corrected chi connectivity index (χ4v) is 4.21. The summed E-state index contributed by atoms with van der Waals surface area (Å²) in [6.45, 7) is 12.5. The number of carbonyl (C=O) groups excluding carboxylic acids is 4. The molecule has 51 heavy (non-hydrogen) atoms. The Bertz CT molecular complexity index is 2000. The van der Waals surface area contributed by atoms with Gasteiger partial charge >= 0.3 is 11.9 Å². The molecule has 0 atom stereocenters. The number of aromatic carboxylic acids is 1. The van der Waals surface area contributed by atoms with Crippen LogP contribution in [0.15, 0.2) is 91.5 Å². The molecule has 2 N–H and O–H groups in total. The zero-order chi connectivity index (χ0) is 37.0. The van der Waals surface area contributed by atoms with Crippen molar-refractivity contribution in [3.8, 4) is 11.3 Å². The van der Waals surface area contributed by atoms with Gasteiger partial charge in [-0.1, -0.05) is 87.9 Å². The quantitative estimate of drug-likeness (QED) is 0.0971. The number of carboxylic acid groups (broad SMARTS) is 1.